The Kier molecular flexibility index (Phi) is 5.36. The Labute approximate surface area is 160 Å². The number of hydrogen-bond acceptors (Lipinski definition) is 4. The largest absolute Gasteiger partial charge is 0.496 e. The standard InChI is InChI=1S/C23H25N3O/c1-4-17-12-13-20(23(14-17)27-3)22(15-24)26(16(2)25)21-11-7-9-18-8-5-6-10-19(18)21/h5-15H,2,4,24-25H2,1,3H3/b22-15-. The maximum atomic E-state index is 6.22. The van der Waals surface area contributed by atoms with Gasteiger partial charge >= 0.3 is 0 Å². The van der Waals surface area contributed by atoms with Crippen LogP contribution in [0.15, 0.2) is 79.3 Å². The second-order valence-electron chi connectivity index (χ2n) is 6.27. The number of rotatable bonds is 6. The molecule has 0 unspecified atom stereocenters. The fraction of sp³-hybridized carbons (Fsp3) is 0.130. The van der Waals surface area contributed by atoms with Crippen molar-refractivity contribution < 1.29 is 4.74 Å². The number of fused-ring (bicyclic) bond motifs is 1. The lowest BCUT2D eigenvalue weighted by molar-refractivity contribution is 0.413. The van der Waals surface area contributed by atoms with Crippen LogP contribution in [0.1, 0.15) is 18.1 Å². The highest BCUT2D eigenvalue weighted by Gasteiger charge is 2.20. The molecule has 0 heterocycles. The highest BCUT2D eigenvalue weighted by molar-refractivity contribution is 5.99. The van der Waals surface area contributed by atoms with Crippen LogP contribution >= 0.6 is 0 Å². The zero-order valence-electron chi connectivity index (χ0n) is 15.8. The van der Waals surface area contributed by atoms with E-state index in [0.717, 1.165) is 39.9 Å². The molecule has 0 aliphatic carbocycles. The Morgan fingerprint density at radius 2 is 1.85 bits per heavy atom. The van der Waals surface area contributed by atoms with Gasteiger partial charge in [0.15, 0.2) is 0 Å². The molecule has 0 saturated heterocycles. The van der Waals surface area contributed by atoms with Gasteiger partial charge in [-0.15, -0.1) is 0 Å². The summed E-state index contributed by atoms with van der Waals surface area (Å²) in [5.41, 5.74) is 16.0. The zero-order valence-corrected chi connectivity index (χ0v) is 15.8. The molecule has 0 aliphatic rings. The lowest BCUT2D eigenvalue weighted by Gasteiger charge is -2.29. The van der Waals surface area contributed by atoms with Gasteiger partial charge in [-0.2, -0.15) is 0 Å². The van der Waals surface area contributed by atoms with Crippen molar-refractivity contribution in [1.82, 2.24) is 0 Å². The minimum atomic E-state index is 0.379. The molecule has 0 fully saturated rings. The summed E-state index contributed by atoms with van der Waals surface area (Å²) in [6.07, 6.45) is 2.47. The lowest BCUT2D eigenvalue weighted by atomic mass is 10.0. The molecule has 0 bridgehead atoms. The number of nitrogens with zero attached hydrogens (tertiary/aromatic N) is 1. The Morgan fingerprint density at radius 1 is 1.11 bits per heavy atom. The van der Waals surface area contributed by atoms with Crippen LogP contribution in [0, 0.1) is 0 Å². The topological polar surface area (TPSA) is 64.5 Å². The highest BCUT2D eigenvalue weighted by atomic mass is 16.5. The van der Waals surface area contributed by atoms with E-state index in [0.29, 0.717) is 5.82 Å². The molecule has 0 radical (unpaired) electrons. The number of nitrogens with two attached hydrogens (primary N) is 2. The van der Waals surface area contributed by atoms with Gasteiger partial charge in [-0.25, -0.2) is 0 Å². The maximum Gasteiger partial charge on any atom is 0.128 e. The predicted octanol–water partition coefficient (Wildman–Crippen LogP) is 4.60. The first-order valence-corrected chi connectivity index (χ1v) is 8.92. The average Bonchev–Trinajstić information content (AvgIpc) is 2.71. The van der Waals surface area contributed by atoms with Crippen molar-refractivity contribution in [2.24, 2.45) is 11.5 Å². The second kappa shape index (κ2) is 7.87. The summed E-state index contributed by atoms with van der Waals surface area (Å²) in [6, 6.07) is 20.3. The lowest BCUT2D eigenvalue weighted by Crippen LogP contribution is -2.26. The van der Waals surface area contributed by atoms with E-state index in [1.165, 1.54) is 5.56 Å². The van der Waals surface area contributed by atoms with Crippen LogP contribution < -0.4 is 21.1 Å². The first-order valence-electron chi connectivity index (χ1n) is 8.92. The second-order valence-corrected chi connectivity index (χ2v) is 6.27. The Hall–Kier alpha value is -3.40. The molecule has 0 aromatic heterocycles. The Bertz CT molecular complexity index is 1000. The molecule has 3 rings (SSSR count). The van der Waals surface area contributed by atoms with Crippen molar-refractivity contribution in [2.75, 3.05) is 12.0 Å². The summed E-state index contributed by atoms with van der Waals surface area (Å²) >= 11 is 0. The molecule has 138 valence electrons. The van der Waals surface area contributed by atoms with Crippen LogP contribution in [0.3, 0.4) is 0 Å². The summed E-state index contributed by atoms with van der Waals surface area (Å²) in [5.74, 6) is 1.13. The third kappa shape index (κ3) is 3.47. The van der Waals surface area contributed by atoms with Crippen molar-refractivity contribution in [3.8, 4) is 5.75 Å². The first kappa shape index (κ1) is 18.4. The van der Waals surface area contributed by atoms with E-state index >= 15 is 0 Å². The van der Waals surface area contributed by atoms with Crippen LogP contribution in [0.5, 0.6) is 5.75 Å². The minimum absolute atomic E-state index is 0.379. The summed E-state index contributed by atoms with van der Waals surface area (Å²) in [7, 11) is 1.66. The van der Waals surface area contributed by atoms with E-state index in [-0.39, 0.29) is 0 Å². The van der Waals surface area contributed by atoms with Gasteiger partial charge in [0.25, 0.3) is 0 Å². The van der Waals surface area contributed by atoms with E-state index in [1.54, 1.807) is 13.3 Å². The number of benzene rings is 3. The molecule has 0 saturated carbocycles. The molecule has 0 amide bonds. The Balaban J connectivity index is 2.21. The Morgan fingerprint density at radius 3 is 2.52 bits per heavy atom. The van der Waals surface area contributed by atoms with E-state index < -0.39 is 0 Å². The van der Waals surface area contributed by atoms with Gasteiger partial charge in [-0.1, -0.05) is 56.0 Å². The van der Waals surface area contributed by atoms with Crippen molar-refractivity contribution in [1.29, 1.82) is 0 Å². The average molecular weight is 359 g/mol. The normalized spacial score (nSPS) is 11.4. The van der Waals surface area contributed by atoms with Crippen LogP contribution in [0.2, 0.25) is 0 Å². The quantitative estimate of drug-likeness (QED) is 0.675. The first-order chi connectivity index (χ1) is 13.1. The van der Waals surface area contributed by atoms with E-state index in [4.69, 9.17) is 16.2 Å². The van der Waals surface area contributed by atoms with Gasteiger partial charge < -0.3 is 16.2 Å². The number of hydrogen-bond donors (Lipinski definition) is 2. The van der Waals surface area contributed by atoms with Gasteiger partial charge in [0.1, 0.15) is 11.6 Å². The maximum absolute atomic E-state index is 6.22. The third-order valence-corrected chi connectivity index (χ3v) is 4.64. The molecule has 3 aromatic carbocycles. The predicted molar refractivity (Wildman–Crippen MR) is 114 cm³/mol. The van der Waals surface area contributed by atoms with E-state index in [2.05, 4.69) is 37.8 Å². The summed E-state index contributed by atoms with van der Waals surface area (Å²) in [4.78, 5) is 1.87. The summed E-state index contributed by atoms with van der Waals surface area (Å²) < 4.78 is 5.63. The van der Waals surface area contributed by atoms with Gasteiger partial charge in [0, 0.05) is 17.1 Å². The van der Waals surface area contributed by atoms with Crippen LogP contribution in [0.25, 0.3) is 16.5 Å². The minimum Gasteiger partial charge on any atom is -0.496 e. The zero-order chi connectivity index (χ0) is 19.4. The highest BCUT2D eigenvalue weighted by Crippen LogP contribution is 2.37. The fourth-order valence-corrected chi connectivity index (χ4v) is 3.29. The van der Waals surface area contributed by atoms with Crippen LogP contribution in [-0.2, 0) is 6.42 Å². The van der Waals surface area contributed by atoms with Crippen molar-refractivity contribution in [3.63, 3.8) is 0 Å². The third-order valence-electron chi connectivity index (χ3n) is 4.64. The van der Waals surface area contributed by atoms with Crippen molar-refractivity contribution in [3.05, 3.63) is 90.4 Å². The molecular formula is C23H25N3O. The van der Waals surface area contributed by atoms with Crippen molar-refractivity contribution in [2.45, 2.75) is 13.3 Å². The number of methoxy groups -OCH3 is 1. The molecule has 0 aliphatic heterocycles. The smallest absolute Gasteiger partial charge is 0.128 e. The van der Waals surface area contributed by atoms with Crippen LogP contribution in [0.4, 0.5) is 5.69 Å². The van der Waals surface area contributed by atoms with E-state index in [1.807, 2.05) is 41.3 Å². The van der Waals surface area contributed by atoms with Gasteiger partial charge in [0.2, 0.25) is 0 Å². The molecule has 4 N–H and O–H groups in total. The molecule has 0 atom stereocenters. The van der Waals surface area contributed by atoms with E-state index in [9.17, 15) is 0 Å². The van der Waals surface area contributed by atoms with Crippen LogP contribution in [-0.4, -0.2) is 7.11 Å². The summed E-state index contributed by atoms with van der Waals surface area (Å²) in [5, 5.41) is 2.18. The van der Waals surface area contributed by atoms with Gasteiger partial charge in [0.05, 0.1) is 18.5 Å². The molecule has 27 heavy (non-hydrogen) atoms. The number of aryl methyl sites for hydroxylation is 1. The van der Waals surface area contributed by atoms with Gasteiger partial charge in [-0.3, -0.25) is 4.90 Å². The SMILES string of the molecule is C=C(N)N(/C(=C\N)c1ccc(CC)cc1OC)c1cccc2ccccc12. The number of ether oxygens (including phenoxy) is 1. The molecule has 3 aromatic rings. The molecule has 4 nitrogen and oxygen atoms in total. The summed E-state index contributed by atoms with van der Waals surface area (Å²) in [6.45, 7) is 6.10. The van der Waals surface area contributed by atoms with Crippen molar-refractivity contribution >= 4 is 22.2 Å². The molecular weight excluding hydrogens is 334 g/mol. The fourth-order valence-electron chi connectivity index (χ4n) is 3.29. The van der Waals surface area contributed by atoms with Gasteiger partial charge in [-0.05, 0) is 35.6 Å². The monoisotopic (exact) mass is 359 g/mol. The molecule has 4 heteroatoms. The number of anilines is 1. The molecule has 0 spiro atoms.